The van der Waals surface area contributed by atoms with Crippen LogP contribution in [0.5, 0.6) is 0 Å². The Labute approximate surface area is 102 Å². The normalized spacial score (nSPS) is 10.4. The Balaban J connectivity index is 0. The Kier molecular flexibility index (Phi) is 11.4. The van der Waals surface area contributed by atoms with Crippen LogP contribution in [0.3, 0.4) is 0 Å². The number of aliphatic hydroxyl groups excluding tert-OH is 1. The topological polar surface area (TPSA) is 72.8 Å². The SMILES string of the molecule is C=C(C)C(=O)OCC.C=CC(=O)OC(O)CC. The highest BCUT2D eigenvalue weighted by Crippen LogP contribution is 1.92. The van der Waals surface area contributed by atoms with Crippen molar-refractivity contribution in [1.82, 2.24) is 0 Å². The van der Waals surface area contributed by atoms with Crippen LogP contribution < -0.4 is 0 Å². The maximum Gasteiger partial charge on any atom is 0.333 e. The Bertz CT molecular complexity index is 270. The molecule has 0 fully saturated rings. The van der Waals surface area contributed by atoms with E-state index >= 15 is 0 Å². The first-order valence-corrected chi connectivity index (χ1v) is 5.22. The van der Waals surface area contributed by atoms with Crippen LogP contribution >= 0.6 is 0 Å². The van der Waals surface area contributed by atoms with E-state index in [0.29, 0.717) is 18.6 Å². The third kappa shape index (κ3) is 12.3. The van der Waals surface area contributed by atoms with E-state index in [-0.39, 0.29) is 5.97 Å². The van der Waals surface area contributed by atoms with E-state index < -0.39 is 12.3 Å². The van der Waals surface area contributed by atoms with Crippen LogP contribution in [0.1, 0.15) is 27.2 Å². The summed E-state index contributed by atoms with van der Waals surface area (Å²) in [5.41, 5.74) is 0.451. The Morgan fingerprint density at radius 1 is 1.41 bits per heavy atom. The van der Waals surface area contributed by atoms with Crippen molar-refractivity contribution in [2.45, 2.75) is 33.5 Å². The van der Waals surface area contributed by atoms with Gasteiger partial charge in [0.25, 0.3) is 0 Å². The molecule has 0 saturated carbocycles. The Morgan fingerprint density at radius 2 is 1.94 bits per heavy atom. The van der Waals surface area contributed by atoms with Gasteiger partial charge < -0.3 is 14.6 Å². The number of rotatable bonds is 5. The zero-order valence-electron chi connectivity index (χ0n) is 10.6. The second-order valence-electron chi connectivity index (χ2n) is 3.00. The molecule has 0 spiro atoms. The molecule has 0 aliphatic carbocycles. The molecule has 0 rings (SSSR count). The quantitative estimate of drug-likeness (QED) is 0.451. The van der Waals surface area contributed by atoms with E-state index in [4.69, 9.17) is 5.11 Å². The van der Waals surface area contributed by atoms with Gasteiger partial charge in [0.1, 0.15) is 0 Å². The molecule has 0 aromatic heterocycles. The van der Waals surface area contributed by atoms with Gasteiger partial charge in [-0.15, -0.1) is 0 Å². The van der Waals surface area contributed by atoms with Crippen LogP contribution in [0.15, 0.2) is 24.8 Å². The maximum absolute atomic E-state index is 10.4. The molecule has 0 aliphatic rings. The molecule has 5 nitrogen and oxygen atoms in total. The number of carbonyl (C=O) groups excluding carboxylic acids is 2. The van der Waals surface area contributed by atoms with Gasteiger partial charge in [-0.1, -0.05) is 20.1 Å². The average molecular weight is 244 g/mol. The molecule has 0 radical (unpaired) electrons. The summed E-state index contributed by atoms with van der Waals surface area (Å²) >= 11 is 0. The van der Waals surface area contributed by atoms with E-state index in [0.717, 1.165) is 6.08 Å². The number of hydrogen-bond donors (Lipinski definition) is 1. The lowest BCUT2D eigenvalue weighted by atomic mass is 10.4. The van der Waals surface area contributed by atoms with Crippen LogP contribution in [0.25, 0.3) is 0 Å². The monoisotopic (exact) mass is 244 g/mol. The summed E-state index contributed by atoms with van der Waals surface area (Å²) in [6.45, 7) is 12.1. The summed E-state index contributed by atoms with van der Waals surface area (Å²) in [6.07, 6.45) is 0.425. The Morgan fingerprint density at radius 3 is 2.18 bits per heavy atom. The standard InChI is InChI=1S/C6H10O3.C6H10O2/c1-3-5(7)9-6(8)4-2;1-4-8-6(7)5(2)3/h3,6,8H,1,4H2,2H3;2,4H2,1,3H3. The summed E-state index contributed by atoms with van der Waals surface area (Å²) in [4.78, 5) is 20.7. The zero-order chi connectivity index (χ0) is 13.8. The highest BCUT2D eigenvalue weighted by molar-refractivity contribution is 5.86. The number of hydrogen-bond acceptors (Lipinski definition) is 5. The number of carbonyl (C=O) groups is 2. The Hall–Kier alpha value is -1.62. The fraction of sp³-hybridized carbons (Fsp3) is 0.500. The van der Waals surface area contributed by atoms with Crippen LogP contribution in [-0.4, -0.2) is 29.9 Å². The smallest absolute Gasteiger partial charge is 0.333 e. The molecule has 17 heavy (non-hydrogen) atoms. The second-order valence-corrected chi connectivity index (χ2v) is 3.00. The van der Waals surface area contributed by atoms with Crippen molar-refractivity contribution in [3.63, 3.8) is 0 Å². The number of ether oxygens (including phenoxy) is 2. The van der Waals surface area contributed by atoms with Crippen LogP contribution in [0.4, 0.5) is 0 Å². The van der Waals surface area contributed by atoms with E-state index in [1.807, 2.05) is 0 Å². The largest absolute Gasteiger partial charge is 0.463 e. The molecule has 98 valence electrons. The first-order valence-electron chi connectivity index (χ1n) is 5.22. The lowest BCUT2D eigenvalue weighted by Crippen LogP contribution is -2.14. The lowest BCUT2D eigenvalue weighted by molar-refractivity contribution is -0.161. The molecule has 5 heteroatoms. The summed E-state index contributed by atoms with van der Waals surface area (Å²) in [5.74, 6) is -0.906. The third-order valence-corrected chi connectivity index (χ3v) is 1.39. The number of aliphatic hydroxyl groups is 1. The zero-order valence-corrected chi connectivity index (χ0v) is 10.6. The van der Waals surface area contributed by atoms with Crippen molar-refractivity contribution >= 4 is 11.9 Å². The number of esters is 2. The summed E-state index contributed by atoms with van der Waals surface area (Å²) < 4.78 is 8.91. The minimum absolute atomic E-state index is 0.312. The van der Waals surface area contributed by atoms with Gasteiger partial charge in [-0.3, -0.25) is 0 Å². The maximum atomic E-state index is 10.4. The molecule has 0 aromatic carbocycles. The molecular formula is C12H20O5. The predicted molar refractivity (Wildman–Crippen MR) is 64.0 cm³/mol. The molecule has 1 N–H and O–H groups in total. The molecular weight excluding hydrogens is 224 g/mol. The minimum atomic E-state index is -0.990. The summed E-state index contributed by atoms with van der Waals surface area (Å²) in [5, 5.41) is 8.67. The van der Waals surface area contributed by atoms with Crippen LogP contribution in [0.2, 0.25) is 0 Å². The van der Waals surface area contributed by atoms with Crippen molar-refractivity contribution in [3.8, 4) is 0 Å². The molecule has 0 saturated heterocycles. The van der Waals surface area contributed by atoms with Gasteiger partial charge in [0, 0.05) is 18.1 Å². The summed E-state index contributed by atoms with van der Waals surface area (Å²) in [7, 11) is 0. The fourth-order valence-electron chi connectivity index (χ4n) is 0.520. The van der Waals surface area contributed by atoms with E-state index in [1.165, 1.54) is 0 Å². The van der Waals surface area contributed by atoms with E-state index in [9.17, 15) is 9.59 Å². The van der Waals surface area contributed by atoms with E-state index in [2.05, 4.69) is 22.6 Å². The second kappa shape index (κ2) is 10.9. The van der Waals surface area contributed by atoms with E-state index in [1.54, 1.807) is 20.8 Å². The molecule has 0 bridgehead atoms. The lowest BCUT2D eigenvalue weighted by Gasteiger charge is -2.05. The molecule has 0 aromatic rings. The highest BCUT2D eigenvalue weighted by atomic mass is 16.6. The van der Waals surface area contributed by atoms with Crippen molar-refractivity contribution < 1.29 is 24.2 Å². The highest BCUT2D eigenvalue weighted by Gasteiger charge is 2.02. The van der Waals surface area contributed by atoms with Crippen molar-refractivity contribution in [1.29, 1.82) is 0 Å². The fourth-order valence-corrected chi connectivity index (χ4v) is 0.520. The van der Waals surface area contributed by atoms with Gasteiger partial charge in [-0.2, -0.15) is 0 Å². The predicted octanol–water partition coefficient (Wildman–Crippen LogP) is 1.57. The van der Waals surface area contributed by atoms with Crippen LogP contribution in [-0.2, 0) is 19.1 Å². The van der Waals surface area contributed by atoms with Crippen molar-refractivity contribution in [3.05, 3.63) is 24.8 Å². The van der Waals surface area contributed by atoms with Crippen molar-refractivity contribution in [2.24, 2.45) is 0 Å². The van der Waals surface area contributed by atoms with Gasteiger partial charge in [-0.05, 0) is 13.8 Å². The molecule has 0 heterocycles. The van der Waals surface area contributed by atoms with Gasteiger partial charge in [0.05, 0.1) is 6.61 Å². The molecule has 1 atom stereocenters. The first-order chi connectivity index (χ1) is 7.88. The molecule has 0 aliphatic heterocycles. The van der Waals surface area contributed by atoms with Gasteiger partial charge >= 0.3 is 11.9 Å². The minimum Gasteiger partial charge on any atom is -0.463 e. The van der Waals surface area contributed by atoms with Gasteiger partial charge in [-0.25, -0.2) is 9.59 Å². The van der Waals surface area contributed by atoms with Gasteiger partial charge in [0.15, 0.2) is 0 Å². The van der Waals surface area contributed by atoms with Crippen LogP contribution in [0, 0.1) is 0 Å². The molecule has 0 amide bonds. The average Bonchev–Trinajstić information content (AvgIpc) is 2.29. The summed E-state index contributed by atoms with van der Waals surface area (Å²) in [6, 6.07) is 0. The third-order valence-electron chi connectivity index (χ3n) is 1.39. The van der Waals surface area contributed by atoms with Crippen molar-refractivity contribution in [2.75, 3.05) is 6.61 Å². The van der Waals surface area contributed by atoms with Gasteiger partial charge in [0.2, 0.25) is 6.29 Å². The first kappa shape index (κ1) is 17.8. The molecule has 1 unspecified atom stereocenters.